The van der Waals surface area contributed by atoms with Gasteiger partial charge in [0.15, 0.2) is 0 Å². The summed E-state index contributed by atoms with van der Waals surface area (Å²) in [6.45, 7) is 1.65. The minimum Gasteiger partial charge on any atom is -0.481 e. The Hall–Kier alpha value is -1.98. The highest BCUT2D eigenvalue weighted by molar-refractivity contribution is 5.71. The number of aliphatic carboxylic acids is 1. The van der Waals surface area contributed by atoms with Crippen LogP contribution in [0.1, 0.15) is 11.4 Å². The van der Waals surface area contributed by atoms with Crippen LogP contribution in [0.4, 0.5) is 5.69 Å². The van der Waals surface area contributed by atoms with Crippen LogP contribution < -0.4 is 0 Å². The predicted molar refractivity (Wildman–Crippen MR) is 47.0 cm³/mol. The van der Waals surface area contributed by atoms with Gasteiger partial charge in [-0.15, -0.1) is 0 Å². The Labute approximate surface area is 79.4 Å². The molecule has 14 heavy (non-hydrogen) atoms. The third-order valence-electron chi connectivity index (χ3n) is 1.60. The molecule has 1 aromatic rings. The summed E-state index contributed by atoms with van der Waals surface area (Å²) >= 11 is 0. The number of carboxylic acid groups (broad SMARTS) is 1. The largest absolute Gasteiger partial charge is 0.481 e. The fourth-order valence-electron chi connectivity index (χ4n) is 1.04. The quantitative estimate of drug-likeness (QED) is 0.573. The molecule has 6 nitrogen and oxygen atoms in total. The van der Waals surface area contributed by atoms with Gasteiger partial charge in [-0.2, -0.15) is 0 Å². The lowest BCUT2D eigenvalue weighted by Crippen LogP contribution is -2.06. The second-order valence-electron chi connectivity index (χ2n) is 2.75. The number of nitro groups is 1. The second kappa shape index (κ2) is 3.82. The number of carbonyl (C=O) groups is 1. The normalized spacial score (nSPS) is 9.79. The van der Waals surface area contributed by atoms with Crippen molar-refractivity contribution in [1.29, 1.82) is 0 Å². The summed E-state index contributed by atoms with van der Waals surface area (Å²) < 4.78 is 0. The Kier molecular flexibility index (Phi) is 2.76. The first-order valence-corrected chi connectivity index (χ1v) is 3.83. The maximum atomic E-state index is 10.5. The van der Waals surface area contributed by atoms with Crippen molar-refractivity contribution in [3.8, 4) is 0 Å². The number of aromatic nitrogens is 1. The highest BCUT2D eigenvalue weighted by atomic mass is 16.6. The van der Waals surface area contributed by atoms with Crippen molar-refractivity contribution in [3.63, 3.8) is 0 Å². The molecule has 0 fully saturated rings. The van der Waals surface area contributed by atoms with Crippen molar-refractivity contribution in [3.05, 3.63) is 33.6 Å². The van der Waals surface area contributed by atoms with Crippen molar-refractivity contribution < 1.29 is 14.8 Å². The van der Waals surface area contributed by atoms with E-state index in [9.17, 15) is 14.9 Å². The molecule has 0 saturated carbocycles. The Bertz CT molecular complexity index is 389. The molecule has 0 amide bonds. The van der Waals surface area contributed by atoms with Crippen LogP contribution in [0.3, 0.4) is 0 Å². The third-order valence-corrected chi connectivity index (χ3v) is 1.60. The molecule has 0 aliphatic carbocycles. The van der Waals surface area contributed by atoms with E-state index in [-0.39, 0.29) is 11.4 Å². The zero-order valence-electron chi connectivity index (χ0n) is 7.43. The van der Waals surface area contributed by atoms with E-state index < -0.39 is 17.3 Å². The smallest absolute Gasteiger partial charge is 0.309 e. The fourth-order valence-corrected chi connectivity index (χ4v) is 1.04. The SMILES string of the molecule is Cc1ccc([N+](=O)[O-])c(CC(=O)O)n1. The average molecular weight is 196 g/mol. The van der Waals surface area contributed by atoms with Gasteiger partial charge in [0.05, 0.1) is 11.3 Å². The maximum absolute atomic E-state index is 10.5. The van der Waals surface area contributed by atoms with Gasteiger partial charge in [0.25, 0.3) is 5.69 Å². The molecule has 1 aromatic heterocycles. The Balaban J connectivity index is 3.15. The Morgan fingerprint density at radius 3 is 2.79 bits per heavy atom. The zero-order valence-corrected chi connectivity index (χ0v) is 7.43. The molecule has 0 bridgehead atoms. The van der Waals surface area contributed by atoms with Crippen LogP contribution in [0.5, 0.6) is 0 Å². The van der Waals surface area contributed by atoms with Gasteiger partial charge >= 0.3 is 5.97 Å². The van der Waals surface area contributed by atoms with Gasteiger partial charge in [0.1, 0.15) is 5.69 Å². The lowest BCUT2D eigenvalue weighted by molar-refractivity contribution is -0.385. The summed E-state index contributed by atoms with van der Waals surface area (Å²) in [7, 11) is 0. The predicted octanol–water partition coefficient (Wildman–Crippen LogP) is 0.925. The van der Waals surface area contributed by atoms with Crippen molar-refractivity contribution in [2.75, 3.05) is 0 Å². The highest BCUT2D eigenvalue weighted by Gasteiger charge is 2.17. The molecule has 0 radical (unpaired) electrons. The van der Waals surface area contributed by atoms with E-state index in [2.05, 4.69) is 4.98 Å². The molecule has 74 valence electrons. The van der Waals surface area contributed by atoms with Crippen molar-refractivity contribution in [1.82, 2.24) is 4.98 Å². The first-order chi connectivity index (χ1) is 6.50. The Morgan fingerprint density at radius 1 is 1.64 bits per heavy atom. The summed E-state index contributed by atoms with van der Waals surface area (Å²) in [5.41, 5.74) is 0.298. The van der Waals surface area contributed by atoms with Gasteiger partial charge in [-0.25, -0.2) is 0 Å². The first kappa shape index (κ1) is 10.1. The van der Waals surface area contributed by atoms with Gasteiger partial charge in [0.2, 0.25) is 0 Å². The zero-order chi connectivity index (χ0) is 10.7. The van der Waals surface area contributed by atoms with Gasteiger partial charge in [-0.05, 0) is 13.0 Å². The number of hydrogen-bond donors (Lipinski definition) is 1. The van der Waals surface area contributed by atoms with Crippen LogP contribution >= 0.6 is 0 Å². The minimum absolute atomic E-state index is 0.0116. The second-order valence-corrected chi connectivity index (χ2v) is 2.75. The molecular formula is C8H8N2O4. The molecule has 6 heteroatoms. The van der Waals surface area contributed by atoms with E-state index in [0.29, 0.717) is 5.69 Å². The monoisotopic (exact) mass is 196 g/mol. The number of rotatable bonds is 3. The molecule has 0 spiro atoms. The molecule has 0 atom stereocenters. The summed E-state index contributed by atoms with van der Waals surface area (Å²) in [6, 6.07) is 2.74. The summed E-state index contributed by atoms with van der Waals surface area (Å²) in [5, 5.41) is 19.0. The molecule has 0 saturated heterocycles. The molecule has 1 rings (SSSR count). The van der Waals surface area contributed by atoms with Crippen LogP contribution in [-0.2, 0) is 11.2 Å². The lowest BCUT2D eigenvalue weighted by atomic mass is 10.2. The molecule has 0 aromatic carbocycles. The third kappa shape index (κ3) is 2.25. The van der Waals surface area contributed by atoms with E-state index in [0.717, 1.165) is 0 Å². The van der Waals surface area contributed by atoms with Gasteiger partial charge in [-0.3, -0.25) is 19.9 Å². The number of hydrogen-bond acceptors (Lipinski definition) is 4. The standard InChI is InChI=1S/C8H8N2O4/c1-5-2-3-7(10(13)14)6(9-5)4-8(11)12/h2-3H,4H2,1H3,(H,11,12). The molecule has 0 aliphatic rings. The number of pyridine rings is 1. The topological polar surface area (TPSA) is 93.3 Å². The van der Waals surface area contributed by atoms with Crippen molar-refractivity contribution in [2.24, 2.45) is 0 Å². The average Bonchev–Trinajstić information content (AvgIpc) is 2.01. The van der Waals surface area contributed by atoms with Crippen molar-refractivity contribution in [2.45, 2.75) is 13.3 Å². The van der Waals surface area contributed by atoms with Crippen LogP contribution in [0.2, 0.25) is 0 Å². The molecule has 1 N–H and O–H groups in total. The lowest BCUT2D eigenvalue weighted by Gasteiger charge is -1.99. The minimum atomic E-state index is -1.13. The molecule has 0 unspecified atom stereocenters. The van der Waals surface area contributed by atoms with Gasteiger partial charge in [-0.1, -0.05) is 0 Å². The number of carboxylic acids is 1. The van der Waals surface area contributed by atoms with E-state index in [1.165, 1.54) is 12.1 Å². The molecule has 0 aliphatic heterocycles. The summed E-state index contributed by atoms with van der Waals surface area (Å²) in [4.78, 5) is 24.1. The number of nitrogens with zero attached hydrogens (tertiary/aromatic N) is 2. The molecular weight excluding hydrogens is 188 g/mol. The van der Waals surface area contributed by atoms with E-state index in [1.54, 1.807) is 6.92 Å². The summed E-state index contributed by atoms with van der Waals surface area (Å²) in [5.74, 6) is -1.13. The van der Waals surface area contributed by atoms with Gasteiger partial charge < -0.3 is 5.11 Å². The molecule has 1 heterocycles. The highest BCUT2D eigenvalue weighted by Crippen LogP contribution is 2.16. The Morgan fingerprint density at radius 2 is 2.29 bits per heavy atom. The summed E-state index contributed by atoms with van der Waals surface area (Å²) in [6.07, 6.45) is -0.433. The van der Waals surface area contributed by atoms with Crippen LogP contribution in [0.25, 0.3) is 0 Å². The van der Waals surface area contributed by atoms with Crippen LogP contribution in [-0.4, -0.2) is 21.0 Å². The van der Waals surface area contributed by atoms with E-state index in [1.807, 2.05) is 0 Å². The van der Waals surface area contributed by atoms with E-state index in [4.69, 9.17) is 5.11 Å². The fraction of sp³-hybridized carbons (Fsp3) is 0.250. The maximum Gasteiger partial charge on any atom is 0.309 e. The van der Waals surface area contributed by atoms with Gasteiger partial charge in [0, 0.05) is 11.8 Å². The van der Waals surface area contributed by atoms with Crippen LogP contribution in [0, 0.1) is 17.0 Å². The van der Waals surface area contributed by atoms with E-state index >= 15 is 0 Å². The van der Waals surface area contributed by atoms with Crippen molar-refractivity contribution >= 4 is 11.7 Å². The van der Waals surface area contributed by atoms with Crippen LogP contribution in [0.15, 0.2) is 12.1 Å². The first-order valence-electron chi connectivity index (χ1n) is 3.83. The number of aryl methyl sites for hydroxylation is 1.